The molecule has 1 aliphatic heterocycles. The Bertz CT molecular complexity index is 1260. The molecular formula is C26H26N2O6S. The van der Waals surface area contributed by atoms with Crippen molar-refractivity contribution in [1.29, 1.82) is 0 Å². The summed E-state index contributed by atoms with van der Waals surface area (Å²) >= 11 is 1.47. The third-order valence-corrected chi connectivity index (χ3v) is 6.91. The van der Waals surface area contributed by atoms with E-state index < -0.39 is 17.9 Å². The molecule has 0 unspecified atom stereocenters. The van der Waals surface area contributed by atoms with Gasteiger partial charge in [0.25, 0.3) is 5.91 Å². The fourth-order valence-corrected chi connectivity index (χ4v) is 5.24. The number of thiophene rings is 1. The van der Waals surface area contributed by atoms with E-state index in [0.717, 1.165) is 4.88 Å². The number of fused-ring (bicyclic) bond motifs is 1. The van der Waals surface area contributed by atoms with Gasteiger partial charge in [-0.25, -0.2) is 4.79 Å². The van der Waals surface area contributed by atoms with Crippen LogP contribution in [-0.2, 0) is 9.53 Å². The van der Waals surface area contributed by atoms with Gasteiger partial charge in [0.2, 0.25) is 5.91 Å². The molecule has 1 N–H and O–H groups in total. The number of nitrogens with one attached hydrogen (secondary N) is 1. The van der Waals surface area contributed by atoms with Crippen LogP contribution in [0.2, 0.25) is 0 Å². The van der Waals surface area contributed by atoms with Crippen LogP contribution in [0.15, 0.2) is 53.9 Å². The number of hydrogen-bond acceptors (Lipinski definition) is 7. The number of methoxy groups -OCH3 is 2. The van der Waals surface area contributed by atoms with Gasteiger partial charge in [-0.3, -0.25) is 9.59 Å². The van der Waals surface area contributed by atoms with Gasteiger partial charge >= 0.3 is 5.97 Å². The molecule has 2 heterocycles. The molecular weight excluding hydrogens is 468 g/mol. The molecule has 2 atom stereocenters. The van der Waals surface area contributed by atoms with Crippen molar-refractivity contribution in [2.45, 2.75) is 18.9 Å². The van der Waals surface area contributed by atoms with E-state index in [2.05, 4.69) is 5.32 Å². The first-order valence-electron chi connectivity index (χ1n) is 11.0. The molecule has 0 aliphatic carbocycles. The summed E-state index contributed by atoms with van der Waals surface area (Å²) < 4.78 is 16.0. The van der Waals surface area contributed by atoms with Crippen LogP contribution >= 0.6 is 11.3 Å². The van der Waals surface area contributed by atoms with Gasteiger partial charge in [-0.2, -0.15) is 0 Å². The van der Waals surface area contributed by atoms with Crippen LogP contribution in [-0.4, -0.2) is 50.6 Å². The number of esters is 1. The summed E-state index contributed by atoms with van der Waals surface area (Å²) in [6.45, 7) is 1.93. The summed E-state index contributed by atoms with van der Waals surface area (Å²) in [4.78, 5) is 42.2. The molecule has 8 nitrogen and oxygen atoms in total. The summed E-state index contributed by atoms with van der Waals surface area (Å²) in [7, 11) is 4.67. The third kappa shape index (κ3) is 4.46. The number of ether oxygens (including phenoxy) is 3. The molecule has 35 heavy (non-hydrogen) atoms. The lowest BCUT2D eigenvalue weighted by atomic mass is 9.81. The van der Waals surface area contributed by atoms with E-state index in [9.17, 15) is 14.4 Å². The van der Waals surface area contributed by atoms with Crippen molar-refractivity contribution in [2.24, 2.45) is 0 Å². The molecule has 0 radical (unpaired) electrons. The molecule has 2 aromatic carbocycles. The molecule has 0 bridgehead atoms. The van der Waals surface area contributed by atoms with E-state index in [1.165, 1.54) is 25.6 Å². The van der Waals surface area contributed by atoms with Gasteiger partial charge in [0.05, 0.1) is 44.0 Å². The number of likely N-dealkylation sites (N-methyl/N-ethyl adjacent to an activating group) is 1. The second-order valence-corrected chi connectivity index (χ2v) is 8.88. The Hall–Kier alpha value is -3.85. The zero-order chi connectivity index (χ0) is 25.1. The second kappa shape index (κ2) is 10.2. The van der Waals surface area contributed by atoms with Crippen molar-refractivity contribution in [3.05, 3.63) is 75.5 Å². The van der Waals surface area contributed by atoms with Gasteiger partial charge in [-0.05, 0) is 48.2 Å². The maximum atomic E-state index is 13.9. The number of carbonyl (C=O) groups excluding carboxylic acids is 3. The normalized spacial score (nSPS) is 16.9. The van der Waals surface area contributed by atoms with Gasteiger partial charge in [0.1, 0.15) is 0 Å². The molecule has 1 aliphatic rings. The van der Waals surface area contributed by atoms with Crippen molar-refractivity contribution in [3.8, 4) is 11.5 Å². The predicted molar refractivity (Wildman–Crippen MR) is 132 cm³/mol. The Morgan fingerprint density at radius 1 is 1.06 bits per heavy atom. The standard InChI is InChI=1S/C26H26N2O6S/c1-5-34-26(31)15-9-6-7-10-18(15)27-24(29)22-16-13-19(32-3)20(33-4)14-17(16)25(30)28(2)23(22)21-11-8-12-35-21/h6-14,22-23H,5H2,1-4H3,(H,27,29)/t22-,23-/m0/s1. The fraction of sp³-hybridized carbons (Fsp3) is 0.269. The highest BCUT2D eigenvalue weighted by atomic mass is 32.1. The second-order valence-electron chi connectivity index (χ2n) is 7.90. The number of nitrogens with zero attached hydrogens (tertiary/aromatic N) is 1. The Morgan fingerprint density at radius 2 is 1.77 bits per heavy atom. The molecule has 3 aromatic rings. The zero-order valence-corrected chi connectivity index (χ0v) is 20.7. The van der Waals surface area contributed by atoms with Crippen LogP contribution in [0.1, 0.15) is 50.0 Å². The molecule has 0 fully saturated rings. The number of benzene rings is 2. The number of para-hydroxylation sites is 1. The number of anilines is 1. The van der Waals surface area contributed by atoms with Crippen molar-refractivity contribution in [1.82, 2.24) is 4.90 Å². The smallest absolute Gasteiger partial charge is 0.340 e. The molecule has 182 valence electrons. The van der Waals surface area contributed by atoms with Crippen LogP contribution in [0, 0.1) is 0 Å². The average Bonchev–Trinajstić information content (AvgIpc) is 3.40. The highest BCUT2D eigenvalue weighted by Crippen LogP contribution is 2.47. The van der Waals surface area contributed by atoms with Crippen LogP contribution in [0.3, 0.4) is 0 Å². The van der Waals surface area contributed by atoms with Crippen molar-refractivity contribution in [2.75, 3.05) is 33.2 Å². The number of hydrogen-bond donors (Lipinski definition) is 1. The molecule has 9 heteroatoms. The predicted octanol–water partition coefficient (Wildman–Crippen LogP) is 4.49. The monoisotopic (exact) mass is 494 g/mol. The van der Waals surface area contributed by atoms with Gasteiger partial charge in [-0.15, -0.1) is 11.3 Å². The van der Waals surface area contributed by atoms with Crippen LogP contribution in [0.25, 0.3) is 0 Å². The first kappa shape index (κ1) is 24.3. The zero-order valence-electron chi connectivity index (χ0n) is 19.9. The van der Waals surface area contributed by atoms with Gasteiger partial charge < -0.3 is 24.4 Å². The maximum absolute atomic E-state index is 13.9. The molecule has 4 rings (SSSR count). The van der Waals surface area contributed by atoms with Crippen LogP contribution in [0.4, 0.5) is 5.69 Å². The molecule has 0 saturated heterocycles. The highest BCUT2D eigenvalue weighted by molar-refractivity contribution is 7.10. The lowest BCUT2D eigenvalue weighted by Crippen LogP contribution is -2.43. The van der Waals surface area contributed by atoms with E-state index in [-0.39, 0.29) is 24.0 Å². The summed E-state index contributed by atoms with van der Waals surface area (Å²) in [5, 5.41) is 4.81. The van der Waals surface area contributed by atoms with Gasteiger partial charge in [0, 0.05) is 17.5 Å². The maximum Gasteiger partial charge on any atom is 0.340 e. The van der Waals surface area contributed by atoms with E-state index in [1.54, 1.807) is 55.3 Å². The summed E-state index contributed by atoms with van der Waals surface area (Å²) in [6.07, 6.45) is 0. The third-order valence-electron chi connectivity index (χ3n) is 5.97. The number of amides is 2. The number of carbonyl (C=O) groups is 3. The lowest BCUT2D eigenvalue weighted by Gasteiger charge is -2.39. The van der Waals surface area contributed by atoms with Gasteiger partial charge in [0.15, 0.2) is 11.5 Å². The van der Waals surface area contributed by atoms with E-state index >= 15 is 0 Å². The Balaban J connectivity index is 1.84. The van der Waals surface area contributed by atoms with Crippen LogP contribution in [0.5, 0.6) is 11.5 Å². The summed E-state index contributed by atoms with van der Waals surface area (Å²) in [5.41, 5.74) is 1.47. The summed E-state index contributed by atoms with van der Waals surface area (Å²) in [5.74, 6) is -1.08. The quantitative estimate of drug-likeness (QED) is 0.487. The Kier molecular flexibility index (Phi) is 7.07. The lowest BCUT2D eigenvalue weighted by molar-refractivity contribution is -0.119. The minimum absolute atomic E-state index is 0.214. The van der Waals surface area contributed by atoms with E-state index in [0.29, 0.717) is 28.3 Å². The van der Waals surface area contributed by atoms with Crippen molar-refractivity contribution < 1.29 is 28.6 Å². The van der Waals surface area contributed by atoms with Crippen LogP contribution < -0.4 is 14.8 Å². The summed E-state index contributed by atoms with van der Waals surface area (Å²) in [6, 6.07) is 13.2. The van der Waals surface area contributed by atoms with E-state index in [1.807, 2.05) is 17.5 Å². The topological polar surface area (TPSA) is 94.2 Å². The molecule has 2 amide bonds. The molecule has 1 aromatic heterocycles. The SMILES string of the molecule is CCOC(=O)c1ccccc1NC(=O)[C@H]1c2cc(OC)c(OC)cc2C(=O)N(C)[C@H]1c1cccs1. The average molecular weight is 495 g/mol. The first-order chi connectivity index (χ1) is 16.9. The largest absolute Gasteiger partial charge is 0.493 e. The Morgan fingerprint density at radius 3 is 2.43 bits per heavy atom. The van der Waals surface area contributed by atoms with Crippen molar-refractivity contribution >= 4 is 34.8 Å². The molecule has 0 saturated carbocycles. The van der Waals surface area contributed by atoms with Crippen molar-refractivity contribution in [3.63, 3.8) is 0 Å². The minimum atomic E-state index is -0.776. The minimum Gasteiger partial charge on any atom is -0.493 e. The highest BCUT2D eigenvalue weighted by Gasteiger charge is 2.44. The van der Waals surface area contributed by atoms with Gasteiger partial charge in [-0.1, -0.05) is 18.2 Å². The molecule has 0 spiro atoms. The first-order valence-corrected chi connectivity index (χ1v) is 11.9. The van der Waals surface area contributed by atoms with E-state index in [4.69, 9.17) is 14.2 Å². The number of rotatable bonds is 7. The fourth-order valence-electron chi connectivity index (χ4n) is 4.34. The Labute approximate surface area is 207 Å².